The monoisotopic (exact) mass is 293 g/mol. The van der Waals surface area contributed by atoms with Gasteiger partial charge in [-0.05, 0) is 17.9 Å². The summed E-state index contributed by atoms with van der Waals surface area (Å²) in [7, 11) is 1.67. The maximum Gasteiger partial charge on any atom is 0.298 e. The van der Waals surface area contributed by atoms with Gasteiger partial charge in [-0.1, -0.05) is 19.9 Å². The van der Waals surface area contributed by atoms with Crippen LogP contribution in [0.5, 0.6) is 0 Å². The quantitative estimate of drug-likeness (QED) is 0.622. The van der Waals surface area contributed by atoms with Crippen molar-refractivity contribution in [1.82, 2.24) is 4.98 Å². The van der Waals surface area contributed by atoms with Gasteiger partial charge < -0.3 is 14.5 Å². The number of nitrogens with one attached hydrogen (secondary N) is 1. The lowest BCUT2D eigenvalue weighted by molar-refractivity contribution is -0.383. The molecule has 7 heteroatoms. The number of nitro groups is 1. The van der Waals surface area contributed by atoms with Gasteiger partial charge in [-0.25, -0.2) is 0 Å². The van der Waals surface area contributed by atoms with E-state index >= 15 is 0 Å². The van der Waals surface area contributed by atoms with Crippen molar-refractivity contribution in [1.29, 1.82) is 0 Å². The second-order valence-electron chi connectivity index (χ2n) is 5.66. The summed E-state index contributed by atoms with van der Waals surface area (Å²) < 4.78 is 10.6. The van der Waals surface area contributed by atoms with Crippen molar-refractivity contribution in [2.45, 2.75) is 20.3 Å². The molecule has 21 heavy (non-hydrogen) atoms. The van der Waals surface area contributed by atoms with Crippen LogP contribution in [0.25, 0.3) is 11.1 Å². The lowest BCUT2D eigenvalue weighted by Gasteiger charge is -2.23. The predicted octanol–water partition coefficient (Wildman–Crippen LogP) is 3.21. The zero-order chi connectivity index (χ0) is 15.5. The lowest BCUT2D eigenvalue weighted by atomic mass is 9.90. The summed E-state index contributed by atoms with van der Waals surface area (Å²) in [5.74, 6) is 0. The SMILES string of the molecule is COCCC(C)(C)CNc1nc2c([N+](=O)[O-])cccc2o1. The zero-order valence-electron chi connectivity index (χ0n) is 12.4. The molecule has 0 radical (unpaired) electrons. The number of rotatable bonds is 7. The van der Waals surface area contributed by atoms with Crippen LogP contribution in [-0.4, -0.2) is 30.2 Å². The molecule has 0 bridgehead atoms. The second kappa shape index (κ2) is 6.09. The smallest absolute Gasteiger partial charge is 0.298 e. The molecule has 0 aliphatic carbocycles. The van der Waals surface area contributed by atoms with E-state index in [2.05, 4.69) is 24.1 Å². The van der Waals surface area contributed by atoms with E-state index in [1.807, 2.05) is 0 Å². The van der Waals surface area contributed by atoms with Crippen molar-refractivity contribution >= 4 is 22.8 Å². The topological polar surface area (TPSA) is 90.4 Å². The maximum atomic E-state index is 10.9. The van der Waals surface area contributed by atoms with Crippen LogP contribution < -0.4 is 5.32 Å². The van der Waals surface area contributed by atoms with Crippen LogP contribution in [0.2, 0.25) is 0 Å². The van der Waals surface area contributed by atoms with Gasteiger partial charge in [0, 0.05) is 26.3 Å². The Bertz CT molecular complexity index is 636. The molecule has 0 amide bonds. The first-order chi connectivity index (χ1) is 9.93. The number of nitrogens with zero attached hydrogens (tertiary/aromatic N) is 2. The highest BCUT2D eigenvalue weighted by Crippen LogP contribution is 2.28. The summed E-state index contributed by atoms with van der Waals surface area (Å²) in [4.78, 5) is 14.7. The number of oxazole rings is 1. The highest BCUT2D eigenvalue weighted by molar-refractivity contribution is 5.83. The first kappa shape index (κ1) is 15.2. The zero-order valence-corrected chi connectivity index (χ0v) is 12.4. The minimum absolute atomic E-state index is 0.00258. The number of aromatic nitrogens is 1. The third-order valence-electron chi connectivity index (χ3n) is 3.30. The number of ether oxygens (including phenoxy) is 1. The van der Waals surface area contributed by atoms with Gasteiger partial charge in [0.15, 0.2) is 11.1 Å². The van der Waals surface area contributed by atoms with Crippen molar-refractivity contribution in [3.05, 3.63) is 28.3 Å². The van der Waals surface area contributed by atoms with Crippen LogP contribution in [0, 0.1) is 15.5 Å². The number of benzene rings is 1. The maximum absolute atomic E-state index is 10.9. The second-order valence-corrected chi connectivity index (χ2v) is 5.66. The Kier molecular flexibility index (Phi) is 4.42. The van der Waals surface area contributed by atoms with Gasteiger partial charge in [0.1, 0.15) is 0 Å². The van der Waals surface area contributed by atoms with Gasteiger partial charge in [-0.3, -0.25) is 10.1 Å². The van der Waals surface area contributed by atoms with Gasteiger partial charge in [0.25, 0.3) is 11.7 Å². The average Bonchev–Trinajstić information content (AvgIpc) is 2.85. The molecule has 0 saturated heterocycles. The largest absolute Gasteiger partial charge is 0.423 e. The van der Waals surface area contributed by atoms with E-state index in [-0.39, 0.29) is 16.6 Å². The normalized spacial score (nSPS) is 11.8. The molecule has 2 rings (SSSR count). The van der Waals surface area contributed by atoms with E-state index in [0.29, 0.717) is 24.7 Å². The van der Waals surface area contributed by atoms with Gasteiger partial charge in [0.2, 0.25) is 0 Å². The highest BCUT2D eigenvalue weighted by atomic mass is 16.6. The number of methoxy groups -OCH3 is 1. The van der Waals surface area contributed by atoms with Crippen molar-refractivity contribution in [3.8, 4) is 0 Å². The van der Waals surface area contributed by atoms with E-state index < -0.39 is 4.92 Å². The highest BCUT2D eigenvalue weighted by Gasteiger charge is 2.20. The lowest BCUT2D eigenvalue weighted by Crippen LogP contribution is -2.24. The Morgan fingerprint density at radius 3 is 2.90 bits per heavy atom. The fraction of sp³-hybridized carbons (Fsp3) is 0.500. The van der Waals surface area contributed by atoms with Crippen molar-refractivity contribution in [2.24, 2.45) is 5.41 Å². The van der Waals surface area contributed by atoms with E-state index in [4.69, 9.17) is 9.15 Å². The molecule has 1 N–H and O–H groups in total. The molecule has 0 saturated carbocycles. The number of hydrogen-bond donors (Lipinski definition) is 1. The van der Waals surface area contributed by atoms with E-state index in [0.717, 1.165) is 6.42 Å². The summed E-state index contributed by atoms with van der Waals surface area (Å²) >= 11 is 0. The number of fused-ring (bicyclic) bond motifs is 1. The van der Waals surface area contributed by atoms with Crippen molar-refractivity contribution in [3.63, 3.8) is 0 Å². The Morgan fingerprint density at radius 1 is 1.48 bits per heavy atom. The van der Waals surface area contributed by atoms with Crippen LogP contribution >= 0.6 is 0 Å². The minimum atomic E-state index is -0.461. The van der Waals surface area contributed by atoms with Gasteiger partial charge in [-0.15, -0.1) is 0 Å². The molecule has 7 nitrogen and oxygen atoms in total. The molecule has 2 aromatic rings. The average molecular weight is 293 g/mol. The van der Waals surface area contributed by atoms with Gasteiger partial charge >= 0.3 is 0 Å². The van der Waals surface area contributed by atoms with Gasteiger partial charge in [0.05, 0.1) is 4.92 Å². The first-order valence-corrected chi connectivity index (χ1v) is 6.70. The van der Waals surface area contributed by atoms with Gasteiger partial charge in [-0.2, -0.15) is 4.98 Å². The van der Waals surface area contributed by atoms with Crippen LogP contribution in [0.4, 0.5) is 11.7 Å². The Labute approximate surface area is 122 Å². The Hall–Kier alpha value is -2.15. The van der Waals surface area contributed by atoms with Crippen molar-refractivity contribution < 1.29 is 14.1 Å². The Morgan fingerprint density at radius 2 is 2.24 bits per heavy atom. The van der Waals surface area contributed by atoms with Crippen molar-refractivity contribution in [2.75, 3.05) is 25.6 Å². The van der Waals surface area contributed by atoms with Crippen LogP contribution in [0.1, 0.15) is 20.3 Å². The third-order valence-corrected chi connectivity index (χ3v) is 3.30. The van der Waals surface area contributed by atoms with Crippen LogP contribution in [-0.2, 0) is 4.74 Å². The molecule has 1 aromatic carbocycles. The van der Waals surface area contributed by atoms with E-state index in [9.17, 15) is 10.1 Å². The van der Waals surface area contributed by atoms with E-state index in [1.165, 1.54) is 6.07 Å². The summed E-state index contributed by atoms with van der Waals surface area (Å²) in [5.41, 5.74) is 0.617. The molecule has 114 valence electrons. The standard InChI is InChI=1S/C14H19N3O4/c1-14(2,7-8-20-3)9-15-13-16-12-10(17(18)19)5-4-6-11(12)21-13/h4-6H,7-9H2,1-3H3,(H,15,16). The number of non-ortho nitro benzene ring substituents is 1. The Balaban J connectivity index is 2.13. The molecule has 0 atom stereocenters. The molecule has 0 aliphatic heterocycles. The molecular formula is C14H19N3O4. The molecule has 0 spiro atoms. The number of hydrogen-bond acceptors (Lipinski definition) is 6. The number of nitro benzene ring substituents is 1. The molecule has 1 aromatic heterocycles. The molecule has 1 heterocycles. The first-order valence-electron chi connectivity index (χ1n) is 6.70. The number of para-hydroxylation sites is 1. The molecular weight excluding hydrogens is 274 g/mol. The summed E-state index contributed by atoms with van der Waals surface area (Å²) in [6, 6.07) is 4.95. The molecule has 0 fully saturated rings. The fourth-order valence-electron chi connectivity index (χ4n) is 1.94. The van der Waals surface area contributed by atoms with Crippen LogP contribution in [0.3, 0.4) is 0 Å². The van der Waals surface area contributed by atoms with E-state index in [1.54, 1.807) is 19.2 Å². The fourth-order valence-corrected chi connectivity index (χ4v) is 1.94. The third kappa shape index (κ3) is 3.69. The predicted molar refractivity (Wildman–Crippen MR) is 79.4 cm³/mol. The molecule has 0 aliphatic rings. The van der Waals surface area contributed by atoms with Crippen LogP contribution in [0.15, 0.2) is 22.6 Å². The number of anilines is 1. The summed E-state index contributed by atoms with van der Waals surface area (Å²) in [5, 5.41) is 14.0. The summed E-state index contributed by atoms with van der Waals surface area (Å²) in [6.45, 7) is 5.51. The summed E-state index contributed by atoms with van der Waals surface area (Å²) in [6.07, 6.45) is 0.886. The minimum Gasteiger partial charge on any atom is -0.423 e. The molecule has 0 unspecified atom stereocenters.